The number of halogens is 6. The van der Waals surface area contributed by atoms with Crippen LogP contribution in [0.1, 0.15) is 11.4 Å². The van der Waals surface area contributed by atoms with Gasteiger partial charge in [0, 0.05) is 12.0 Å². The molecular formula is C8H4F6N2. The van der Waals surface area contributed by atoms with Crippen LogP contribution in [0.3, 0.4) is 0 Å². The molecule has 0 atom stereocenters. The zero-order valence-electron chi connectivity index (χ0n) is 7.74. The number of hydrogen-bond donors (Lipinski definition) is 0. The van der Waals surface area contributed by atoms with E-state index in [1.165, 1.54) is 13.0 Å². The first-order chi connectivity index (χ1) is 7.09. The fraction of sp³-hybridized carbons (Fsp3) is 0.375. The van der Waals surface area contributed by atoms with Gasteiger partial charge in [-0.25, -0.2) is 0 Å². The Hall–Kier alpha value is -1.65. The zero-order valence-corrected chi connectivity index (χ0v) is 7.74. The maximum atomic E-state index is 12.1. The number of nitrogens with zero attached hydrogens (tertiary/aromatic N) is 2. The van der Waals surface area contributed by atoms with Crippen LogP contribution in [0.25, 0.3) is 0 Å². The van der Waals surface area contributed by atoms with Gasteiger partial charge in [-0.15, -0.1) is 0 Å². The largest absolute Gasteiger partial charge is 0.459 e. The van der Waals surface area contributed by atoms with Gasteiger partial charge in [-0.05, 0) is 13.0 Å². The summed E-state index contributed by atoms with van der Waals surface area (Å²) in [7, 11) is 0. The molecule has 0 saturated heterocycles. The molecule has 8 heteroatoms. The Kier molecular flexibility index (Phi) is 2.90. The zero-order chi connectivity index (χ0) is 12.6. The lowest BCUT2D eigenvalue weighted by atomic mass is 10.4. The smallest absolute Gasteiger partial charge is 0.193 e. The van der Waals surface area contributed by atoms with Crippen LogP contribution in [-0.2, 0) is 6.18 Å². The highest BCUT2D eigenvalue weighted by Gasteiger charge is 2.34. The molecule has 0 aliphatic heterocycles. The Labute approximate surface area is 85.9 Å². The molecule has 0 radical (unpaired) electrons. The van der Waals surface area contributed by atoms with Crippen molar-refractivity contribution in [1.82, 2.24) is 9.78 Å². The first kappa shape index (κ1) is 12.4. The van der Waals surface area contributed by atoms with Crippen LogP contribution in [0.5, 0.6) is 0 Å². The van der Waals surface area contributed by atoms with Crippen molar-refractivity contribution in [2.24, 2.45) is 0 Å². The molecule has 0 N–H and O–H groups in total. The topological polar surface area (TPSA) is 17.8 Å². The Morgan fingerprint density at radius 1 is 1.19 bits per heavy atom. The van der Waals surface area contributed by atoms with Crippen molar-refractivity contribution in [3.05, 3.63) is 17.5 Å². The van der Waals surface area contributed by atoms with Gasteiger partial charge in [0.15, 0.2) is 5.69 Å². The molecule has 1 rings (SSSR count). The molecular weight excluding hydrogens is 238 g/mol. The van der Waals surface area contributed by atoms with Crippen molar-refractivity contribution in [3.63, 3.8) is 0 Å². The fourth-order valence-corrected chi connectivity index (χ4v) is 0.843. The summed E-state index contributed by atoms with van der Waals surface area (Å²) in [4.78, 5) is 0. The van der Waals surface area contributed by atoms with E-state index in [9.17, 15) is 26.3 Å². The van der Waals surface area contributed by atoms with Gasteiger partial charge in [-0.3, -0.25) is 0 Å². The minimum atomic E-state index is -4.77. The number of rotatable bonds is 0. The molecule has 88 valence electrons. The molecule has 0 aliphatic rings. The van der Waals surface area contributed by atoms with E-state index in [0.29, 0.717) is 10.7 Å². The summed E-state index contributed by atoms with van der Waals surface area (Å²) < 4.78 is 71.7. The van der Waals surface area contributed by atoms with Gasteiger partial charge in [-0.1, -0.05) is 0 Å². The predicted octanol–water partition coefficient (Wildman–Crippen LogP) is 2.58. The van der Waals surface area contributed by atoms with Gasteiger partial charge >= 0.3 is 12.4 Å². The van der Waals surface area contributed by atoms with E-state index in [4.69, 9.17) is 0 Å². The van der Waals surface area contributed by atoms with Crippen LogP contribution < -0.4 is 0 Å². The monoisotopic (exact) mass is 242 g/mol. The molecule has 0 saturated carbocycles. The summed E-state index contributed by atoms with van der Waals surface area (Å²) in [6.07, 6.45) is -9.47. The molecule has 0 fully saturated rings. The van der Waals surface area contributed by atoms with Crippen LogP contribution in [0.4, 0.5) is 26.3 Å². The summed E-state index contributed by atoms with van der Waals surface area (Å²) in [6.45, 7) is 1.17. The van der Waals surface area contributed by atoms with Crippen molar-refractivity contribution < 1.29 is 26.3 Å². The third-order valence-corrected chi connectivity index (χ3v) is 1.48. The van der Waals surface area contributed by atoms with Crippen LogP contribution in [0, 0.1) is 18.9 Å². The van der Waals surface area contributed by atoms with Gasteiger partial charge < -0.3 is 0 Å². The predicted molar refractivity (Wildman–Crippen MR) is 41.2 cm³/mol. The normalized spacial score (nSPS) is 12.2. The summed E-state index contributed by atoms with van der Waals surface area (Å²) in [6, 6.07) is 2.09. The lowest BCUT2D eigenvalue weighted by molar-refractivity contribution is -0.141. The van der Waals surface area contributed by atoms with Crippen molar-refractivity contribution in [2.75, 3.05) is 0 Å². The molecule has 1 aromatic heterocycles. The quantitative estimate of drug-likeness (QED) is 0.505. The lowest BCUT2D eigenvalue weighted by Gasteiger charge is -1.99. The SMILES string of the molecule is Cc1cc(C(F)(F)F)nn1C#CC(F)(F)F. The molecule has 0 aromatic carbocycles. The van der Waals surface area contributed by atoms with Crippen molar-refractivity contribution in [3.8, 4) is 12.0 Å². The Morgan fingerprint density at radius 3 is 2.12 bits per heavy atom. The average Bonchev–Trinajstić information content (AvgIpc) is 2.41. The maximum absolute atomic E-state index is 12.1. The molecule has 0 amide bonds. The third-order valence-electron chi connectivity index (χ3n) is 1.48. The summed E-state index contributed by atoms with van der Waals surface area (Å²) >= 11 is 0. The fourth-order valence-electron chi connectivity index (χ4n) is 0.843. The molecule has 2 nitrogen and oxygen atoms in total. The molecule has 0 bridgehead atoms. The minimum absolute atomic E-state index is 0.121. The molecule has 0 unspecified atom stereocenters. The summed E-state index contributed by atoms with van der Waals surface area (Å²) in [5, 5.41) is 2.90. The molecule has 0 aliphatic carbocycles. The lowest BCUT2D eigenvalue weighted by Crippen LogP contribution is -2.07. The van der Waals surface area contributed by atoms with Crippen molar-refractivity contribution >= 4 is 0 Å². The summed E-state index contributed by atoms with van der Waals surface area (Å²) in [5.41, 5.74) is -1.40. The van der Waals surface area contributed by atoms with E-state index in [-0.39, 0.29) is 5.69 Å². The Morgan fingerprint density at radius 2 is 1.75 bits per heavy atom. The maximum Gasteiger partial charge on any atom is 0.459 e. The van der Waals surface area contributed by atoms with E-state index in [2.05, 4.69) is 5.10 Å². The van der Waals surface area contributed by atoms with Crippen LogP contribution >= 0.6 is 0 Å². The first-order valence-corrected chi connectivity index (χ1v) is 3.83. The minimum Gasteiger partial charge on any atom is -0.193 e. The van der Waals surface area contributed by atoms with E-state index in [0.717, 1.165) is 5.92 Å². The molecule has 1 heterocycles. The Bertz CT molecular complexity index is 442. The van der Waals surface area contributed by atoms with Gasteiger partial charge in [0.05, 0.1) is 5.69 Å². The van der Waals surface area contributed by atoms with E-state index in [1.807, 2.05) is 0 Å². The number of alkyl halides is 6. The molecule has 1 aromatic rings. The average molecular weight is 242 g/mol. The first-order valence-electron chi connectivity index (χ1n) is 3.83. The summed E-state index contributed by atoms with van der Waals surface area (Å²) in [5.74, 6) is 0.827. The number of hydrogen-bond acceptors (Lipinski definition) is 1. The van der Waals surface area contributed by atoms with E-state index < -0.39 is 18.0 Å². The standard InChI is InChI=1S/C8H4F6N2/c1-5-4-6(8(12,13)14)15-16(5)3-2-7(9,10)11/h4H,1H3. The van der Waals surface area contributed by atoms with Crippen LogP contribution in [0.15, 0.2) is 6.07 Å². The van der Waals surface area contributed by atoms with Crippen LogP contribution in [0.2, 0.25) is 0 Å². The molecule has 0 spiro atoms. The van der Waals surface area contributed by atoms with Gasteiger partial charge in [0.1, 0.15) is 0 Å². The highest BCUT2D eigenvalue weighted by atomic mass is 19.4. The molecule has 16 heavy (non-hydrogen) atoms. The van der Waals surface area contributed by atoms with Gasteiger partial charge in [0.2, 0.25) is 0 Å². The highest BCUT2D eigenvalue weighted by Crippen LogP contribution is 2.28. The van der Waals surface area contributed by atoms with Gasteiger partial charge in [0.25, 0.3) is 0 Å². The Balaban J connectivity index is 3.08. The highest BCUT2D eigenvalue weighted by molar-refractivity contribution is 5.18. The number of aromatic nitrogens is 2. The second-order valence-electron chi connectivity index (χ2n) is 2.82. The van der Waals surface area contributed by atoms with E-state index in [1.54, 1.807) is 0 Å². The second-order valence-corrected chi connectivity index (χ2v) is 2.82. The third kappa shape index (κ3) is 3.18. The van der Waals surface area contributed by atoms with Gasteiger partial charge in [-0.2, -0.15) is 36.1 Å². The van der Waals surface area contributed by atoms with Crippen molar-refractivity contribution in [1.29, 1.82) is 0 Å². The van der Waals surface area contributed by atoms with Crippen LogP contribution in [-0.4, -0.2) is 16.0 Å². The number of aryl methyl sites for hydroxylation is 1. The van der Waals surface area contributed by atoms with E-state index >= 15 is 0 Å². The second kappa shape index (κ2) is 3.73. The van der Waals surface area contributed by atoms with Crippen molar-refractivity contribution in [2.45, 2.75) is 19.3 Å².